The highest BCUT2D eigenvalue weighted by atomic mass is 32.2. The molecule has 3 rings (SSSR count). The lowest BCUT2D eigenvalue weighted by molar-refractivity contribution is -0.152. The number of furan rings is 1. The van der Waals surface area contributed by atoms with Crippen LogP contribution < -0.4 is 0 Å². The molecule has 0 radical (unpaired) electrons. The van der Waals surface area contributed by atoms with Gasteiger partial charge in [-0.15, -0.1) is 16.8 Å². The van der Waals surface area contributed by atoms with Gasteiger partial charge in [0.25, 0.3) is 0 Å². The van der Waals surface area contributed by atoms with E-state index in [1.807, 2.05) is 23.7 Å². The molecule has 0 aromatic carbocycles. The number of carboxylic acids is 1. The fraction of sp³-hybridized carbons (Fsp3) is 0.471. The zero-order valence-electron chi connectivity index (χ0n) is 14.2. The van der Waals surface area contributed by atoms with Crippen molar-refractivity contribution in [2.75, 3.05) is 13.1 Å². The summed E-state index contributed by atoms with van der Waals surface area (Å²) in [6.45, 7) is 5.71. The molecule has 0 saturated carbocycles. The van der Waals surface area contributed by atoms with Crippen LogP contribution in [0.1, 0.15) is 25.0 Å². The minimum Gasteiger partial charge on any atom is -0.481 e. The number of carboxylic acid groups (broad SMARTS) is 1. The van der Waals surface area contributed by atoms with Crippen LogP contribution in [0.5, 0.6) is 0 Å². The van der Waals surface area contributed by atoms with Gasteiger partial charge in [-0.3, -0.25) is 9.69 Å². The van der Waals surface area contributed by atoms with Gasteiger partial charge in [0.1, 0.15) is 12.1 Å². The van der Waals surface area contributed by atoms with Crippen LogP contribution in [0.4, 0.5) is 0 Å². The third-order valence-corrected chi connectivity index (χ3v) is 5.50. The van der Waals surface area contributed by atoms with Gasteiger partial charge in [0, 0.05) is 13.6 Å². The van der Waals surface area contributed by atoms with E-state index >= 15 is 0 Å². The first-order valence-corrected chi connectivity index (χ1v) is 9.01. The molecule has 8 heteroatoms. The SMILES string of the molecule is C=CCC1(C(=O)O)CCCN(Cc2ccc(Sc3nncn3C)o2)C1. The van der Waals surface area contributed by atoms with Crippen molar-refractivity contribution in [1.29, 1.82) is 0 Å². The van der Waals surface area contributed by atoms with Gasteiger partial charge < -0.3 is 14.1 Å². The molecular weight excluding hydrogens is 340 g/mol. The largest absolute Gasteiger partial charge is 0.481 e. The standard InChI is InChI=1S/C17H22N4O3S/c1-3-7-17(15(22)23)8-4-9-21(11-17)10-13-5-6-14(24-13)25-16-19-18-12-20(16)2/h3,5-6,12H,1,4,7-11H2,2H3,(H,22,23). The number of hydrogen-bond donors (Lipinski definition) is 1. The molecule has 0 spiro atoms. The Kier molecular flexibility index (Phi) is 5.29. The minimum absolute atomic E-state index is 0.490. The number of aliphatic carboxylic acids is 1. The van der Waals surface area contributed by atoms with Gasteiger partial charge in [0.15, 0.2) is 10.2 Å². The Labute approximate surface area is 150 Å². The molecule has 3 heterocycles. The fourth-order valence-corrected chi connectivity index (χ4v) is 3.98. The van der Waals surface area contributed by atoms with Crippen molar-refractivity contribution in [2.45, 2.75) is 36.1 Å². The van der Waals surface area contributed by atoms with Crippen LogP contribution in [0, 0.1) is 5.41 Å². The van der Waals surface area contributed by atoms with Crippen molar-refractivity contribution < 1.29 is 14.3 Å². The third-order valence-electron chi connectivity index (χ3n) is 4.52. The first-order chi connectivity index (χ1) is 12.0. The van der Waals surface area contributed by atoms with Crippen LogP contribution >= 0.6 is 11.8 Å². The smallest absolute Gasteiger partial charge is 0.311 e. The average molecular weight is 362 g/mol. The number of carbonyl (C=O) groups is 1. The summed E-state index contributed by atoms with van der Waals surface area (Å²) in [5.41, 5.74) is -0.733. The van der Waals surface area contributed by atoms with Gasteiger partial charge in [-0.2, -0.15) is 0 Å². The van der Waals surface area contributed by atoms with Gasteiger partial charge in [0.2, 0.25) is 0 Å². The molecular formula is C17H22N4O3S. The Morgan fingerprint density at radius 2 is 2.40 bits per heavy atom. The molecule has 2 aromatic heterocycles. The molecule has 0 aliphatic carbocycles. The van der Waals surface area contributed by atoms with Crippen molar-refractivity contribution in [3.05, 3.63) is 36.9 Å². The lowest BCUT2D eigenvalue weighted by Gasteiger charge is -2.39. The van der Waals surface area contributed by atoms with Crippen molar-refractivity contribution in [3.63, 3.8) is 0 Å². The first kappa shape index (κ1) is 17.8. The molecule has 1 unspecified atom stereocenters. The van der Waals surface area contributed by atoms with E-state index in [9.17, 15) is 9.90 Å². The molecule has 1 saturated heterocycles. The van der Waals surface area contributed by atoms with Crippen molar-refractivity contribution in [1.82, 2.24) is 19.7 Å². The maximum atomic E-state index is 11.8. The fourth-order valence-electron chi connectivity index (χ4n) is 3.24. The normalized spacial score (nSPS) is 21.3. The van der Waals surface area contributed by atoms with Crippen LogP contribution in [0.2, 0.25) is 0 Å². The Morgan fingerprint density at radius 1 is 1.56 bits per heavy atom. The summed E-state index contributed by atoms with van der Waals surface area (Å²) in [7, 11) is 1.88. The Balaban J connectivity index is 1.65. The number of likely N-dealkylation sites (tertiary alicyclic amines) is 1. The summed E-state index contributed by atoms with van der Waals surface area (Å²) >= 11 is 1.41. The minimum atomic E-state index is -0.741. The average Bonchev–Trinajstić information content (AvgIpc) is 3.18. The second-order valence-corrected chi connectivity index (χ2v) is 7.41. The highest BCUT2D eigenvalue weighted by Gasteiger charge is 2.41. The molecule has 2 aromatic rings. The maximum absolute atomic E-state index is 11.8. The number of piperidine rings is 1. The maximum Gasteiger partial charge on any atom is 0.311 e. The molecule has 0 bridgehead atoms. The number of hydrogen-bond acceptors (Lipinski definition) is 6. The molecule has 1 aliphatic rings. The van der Waals surface area contributed by atoms with E-state index in [0.29, 0.717) is 25.9 Å². The van der Waals surface area contributed by atoms with Crippen molar-refractivity contribution in [3.8, 4) is 0 Å². The summed E-state index contributed by atoms with van der Waals surface area (Å²) in [5, 5.41) is 19.0. The van der Waals surface area contributed by atoms with Gasteiger partial charge in [-0.05, 0) is 49.7 Å². The predicted molar refractivity (Wildman–Crippen MR) is 93.2 cm³/mol. The lowest BCUT2D eigenvalue weighted by Crippen LogP contribution is -2.47. The van der Waals surface area contributed by atoms with Crippen molar-refractivity contribution in [2.24, 2.45) is 12.5 Å². The van der Waals surface area contributed by atoms with E-state index in [1.165, 1.54) is 11.8 Å². The van der Waals surface area contributed by atoms with E-state index in [2.05, 4.69) is 21.7 Å². The second-order valence-electron chi connectivity index (χ2n) is 6.44. The monoisotopic (exact) mass is 362 g/mol. The number of aryl methyl sites for hydroxylation is 1. The highest BCUT2D eigenvalue weighted by molar-refractivity contribution is 7.99. The van der Waals surface area contributed by atoms with Crippen molar-refractivity contribution >= 4 is 17.7 Å². The van der Waals surface area contributed by atoms with Gasteiger partial charge in [-0.25, -0.2) is 0 Å². The lowest BCUT2D eigenvalue weighted by atomic mass is 9.77. The summed E-state index contributed by atoms with van der Waals surface area (Å²) in [6, 6.07) is 3.84. The van der Waals surface area contributed by atoms with E-state index < -0.39 is 11.4 Å². The van der Waals surface area contributed by atoms with Crippen LogP contribution in [0.15, 0.2) is 45.8 Å². The molecule has 0 amide bonds. The molecule has 25 heavy (non-hydrogen) atoms. The predicted octanol–water partition coefficient (Wildman–Crippen LogP) is 2.80. The molecule has 134 valence electrons. The molecule has 1 fully saturated rings. The Hall–Kier alpha value is -2.06. The van der Waals surface area contributed by atoms with Crippen LogP contribution in [-0.2, 0) is 18.4 Å². The number of allylic oxidation sites excluding steroid dienone is 1. The highest BCUT2D eigenvalue weighted by Crippen LogP contribution is 2.35. The molecule has 1 atom stereocenters. The molecule has 7 nitrogen and oxygen atoms in total. The Morgan fingerprint density at radius 3 is 3.08 bits per heavy atom. The van der Waals surface area contributed by atoms with Crippen LogP contribution in [-0.4, -0.2) is 43.8 Å². The zero-order chi connectivity index (χ0) is 17.9. The Bertz CT molecular complexity index is 757. The van der Waals surface area contributed by atoms with E-state index in [0.717, 1.165) is 29.0 Å². The summed E-state index contributed by atoms with van der Waals surface area (Å²) in [6.07, 6.45) is 5.40. The van der Waals surface area contributed by atoms with Gasteiger partial charge in [-0.1, -0.05) is 6.08 Å². The number of aromatic nitrogens is 3. The zero-order valence-corrected chi connectivity index (χ0v) is 15.0. The molecule has 1 N–H and O–H groups in total. The van der Waals surface area contributed by atoms with Crippen LogP contribution in [0.25, 0.3) is 0 Å². The second kappa shape index (κ2) is 7.45. The number of rotatable bonds is 7. The summed E-state index contributed by atoms with van der Waals surface area (Å²) in [4.78, 5) is 13.9. The quantitative estimate of drug-likeness (QED) is 0.758. The topological polar surface area (TPSA) is 84.4 Å². The van der Waals surface area contributed by atoms with E-state index in [4.69, 9.17) is 4.42 Å². The third kappa shape index (κ3) is 3.96. The first-order valence-electron chi connectivity index (χ1n) is 8.20. The van der Waals surface area contributed by atoms with Gasteiger partial charge in [0.05, 0.1) is 12.0 Å². The number of nitrogens with zero attached hydrogens (tertiary/aromatic N) is 4. The summed E-state index contributed by atoms with van der Waals surface area (Å²) in [5.74, 6) is 0.0829. The molecule has 1 aliphatic heterocycles. The van der Waals surface area contributed by atoms with Crippen LogP contribution in [0.3, 0.4) is 0 Å². The van der Waals surface area contributed by atoms with Gasteiger partial charge >= 0.3 is 5.97 Å². The summed E-state index contributed by atoms with van der Waals surface area (Å²) < 4.78 is 7.70. The van der Waals surface area contributed by atoms with E-state index in [-0.39, 0.29) is 0 Å². The van der Waals surface area contributed by atoms with E-state index in [1.54, 1.807) is 12.4 Å².